The van der Waals surface area contributed by atoms with Gasteiger partial charge in [-0.2, -0.15) is 5.10 Å². The molecule has 1 aromatic carbocycles. The number of carbonyl (C=O) groups excluding carboxylic acids is 2. The molecule has 0 fully saturated rings. The van der Waals surface area contributed by atoms with Crippen molar-refractivity contribution < 1.29 is 14.3 Å². The number of aryl methyl sites for hydroxylation is 1. The highest BCUT2D eigenvalue weighted by Gasteiger charge is 2.19. The van der Waals surface area contributed by atoms with Gasteiger partial charge in [-0.3, -0.25) is 9.78 Å². The van der Waals surface area contributed by atoms with Crippen LogP contribution in [0.4, 0.5) is 10.6 Å². The Morgan fingerprint density at radius 1 is 1.10 bits per heavy atom. The molecular formula is C29H34BrN7O3. The van der Waals surface area contributed by atoms with E-state index in [0.29, 0.717) is 41.6 Å². The van der Waals surface area contributed by atoms with Crippen LogP contribution in [0.15, 0.2) is 59.3 Å². The van der Waals surface area contributed by atoms with E-state index < -0.39 is 6.09 Å². The fraction of sp³-hybridized carbons (Fsp3) is 0.345. The quantitative estimate of drug-likeness (QED) is 0.197. The molecule has 4 rings (SSSR count). The third-order valence-corrected chi connectivity index (χ3v) is 6.83. The van der Waals surface area contributed by atoms with Crippen molar-refractivity contribution in [3.05, 3.63) is 64.9 Å². The number of carbonyl (C=O) groups is 2. The van der Waals surface area contributed by atoms with Crippen LogP contribution in [0.3, 0.4) is 0 Å². The molecule has 0 saturated carbocycles. The fourth-order valence-corrected chi connectivity index (χ4v) is 4.64. The molecule has 0 bridgehead atoms. The number of hydrogen-bond acceptors (Lipinski definition) is 7. The van der Waals surface area contributed by atoms with Crippen molar-refractivity contribution >= 4 is 44.8 Å². The number of rotatable bonds is 12. The van der Waals surface area contributed by atoms with Gasteiger partial charge in [-0.1, -0.05) is 26.2 Å². The van der Waals surface area contributed by atoms with Crippen LogP contribution in [0.2, 0.25) is 0 Å². The van der Waals surface area contributed by atoms with Gasteiger partial charge in [0.2, 0.25) is 0 Å². The molecule has 0 aliphatic carbocycles. The molecule has 0 saturated heterocycles. The van der Waals surface area contributed by atoms with Gasteiger partial charge in [0.05, 0.1) is 16.6 Å². The number of fused-ring (bicyclic) bond motifs is 1. The van der Waals surface area contributed by atoms with Gasteiger partial charge in [-0.05, 0) is 78.9 Å². The molecule has 4 aromatic rings. The van der Waals surface area contributed by atoms with E-state index in [2.05, 4.69) is 38.5 Å². The Bertz CT molecular complexity index is 1440. The monoisotopic (exact) mass is 607 g/mol. The standard InChI is InChI=1S/C29H34BrN7O3/c1-4-5-6-7-16-37-27-23(26(35-37)34-28(38)21-9-8-14-31-19-21)18-24(30)25(33-27)20-10-12-22(13-11-20)40-29(39)32-15-17-36(2)3/h8-14,18-19H,4-7,15-17H2,1-3H3,(H,32,39)(H,34,35,38). The maximum Gasteiger partial charge on any atom is 0.412 e. The molecule has 3 aromatic heterocycles. The van der Waals surface area contributed by atoms with Crippen molar-refractivity contribution in [2.45, 2.75) is 39.2 Å². The molecule has 0 spiro atoms. The molecule has 0 radical (unpaired) electrons. The number of amides is 2. The van der Waals surface area contributed by atoms with Crippen LogP contribution in [-0.4, -0.2) is 63.8 Å². The van der Waals surface area contributed by atoms with Crippen molar-refractivity contribution in [3.63, 3.8) is 0 Å². The van der Waals surface area contributed by atoms with Crippen LogP contribution in [-0.2, 0) is 6.54 Å². The van der Waals surface area contributed by atoms with Crippen molar-refractivity contribution in [1.29, 1.82) is 0 Å². The highest BCUT2D eigenvalue weighted by atomic mass is 79.9. The molecule has 210 valence electrons. The molecule has 40 heavy (non-hydrogen) atoms. The summed E-state index contributed by atoms with van der Waals surface area (Å²) in [6.07, 6.45) is 6.98. The highest BCUT2D eigenvalue weighted by molar-refractivity contribution is 9.10. The first-order valence-corrected chi connectivity index (χ1v) is 14.1. The number of unbranched alkanes of at least 4 members (excludes halogenated alkanes) is 3. The van der Waals surface area contributed by atoms with Crippen LogP contribution in [0.5, 0.6) is 5.75 Å². The Labute approximate surface area is 242 Å². The summed E-state index contributed by atoms with van der Waals surface area (Å²) in [5, 5.41) is 11.1. The number of nitrogens with one attached hydrogen (secondary N) is 2. The topological polar surface area (TPSA) is 114 Å². The Kier molecular flexibility index (Phi) is 10.2. The average molecular weight is 609 g/mol. The molecule has 10 nitrogen and oxygen atoms in total. The Balaban J connectivity index is 1.58. The second kappa shape index (κ2) is 14.0. The number of anilines is 1. The van der Waals surface area contributed by atoms with E-state index >= 15 is 0 Å². The van der Waals surface area contributed by atoms with Gasteiger partial charge < -0.3 is 20.3 Å². The minimum Gasteiger partial charge on any atom is -0.410 e. The minimum absolute atomic E-state index is 0.285. The smallest absolute Gasteiger partial charge is 0.410 e. The van der Waals surface area contributed by atoms with Crippen LogP contribution in [0, 0.1) is 0 Å². The Morgan fingerprint density at radius 2 is 1.90 bits per heavy atom. The molecule has 2 N–H and O–H groups in total. The van der Waals surface area contributed by atoms with E-state index in [-0.39, 0.29) is 5.91 Å². The first-order valence-electron chi connectivity index (χ1n) is 13.3. The van der Waals surface area contributed by atoms with Crippen molar-refractivity contribution in [1.82, 2.24) is 30.0 Å². The van der Waals surface area contributed by atoms with E-state index in [9.17, 15) is 9.59 Å². The summed E-state index contributed by atoms with van der Waals surface area (Å²) < 4.78 is 7.99. The van der Waals surface area contributed by atoms with E-state index in [1.54, 1.807) is 30.5 Å². The third-order valence-electron chi connectivity index (χ3n) is 6.22. The lowest BCUT2D eigenvalue weighted by Crippen LogP contribution is -2.33. The number of pyridine rings is 2. The lowest BCUT2D eigenvalue weighted by Gasteiger charge is -2.11. The molecular weight excluding hydrogens is 574 g/mol. The van der Waals surface area contributed by atoms with Gasteiger partial charge in [-0.25, -0.2) is 14.5 Å². The molecule has 0 aliphatic heterocycles. The normalized spacial score (nSPS) is 11.1. The Hall–Kier alpha value is -3.83. The lowest BCUT2D eigenvalue weighted by atomic mass is 10.1. The predicted octanol–water partition coefficient (Wildman–Crippen LogP) is 5.74. The Morgan fingerprint density at radius 3 is 2.60 bits per heavy atom. The van der Waals surface area contributed by atoms with Crippen LogP contribution in [0.1, 0.15) is 43.0 Å². The molecule has 0 aliphatic rings. The van der Waals surface area contributed by atoms with E-state index in [1.807, 2.05) is 41.9 Å². The lowest BCUT2D eigenvalue weighted by molar-refractivity contribution is 0.102. The average Bonchev–Trinajstić information content (AvgIpc) is 3.27. The summed E-state index contributed by atoms with van der Waals surface area (Å²) in [6, 6.07) is 12.5. The van der Waals surface area contributed by atoms with Crippen LogP contribution < -0.4 is 15.4 Å². The van der Waals surface area contributed by atoms with E-state index in [0.717, 1.165) is 47.7 Å². The summed E-state index contributed by atoms with van der Waals surface area (Å²) >= 11 is 3.66. The second-order valence-corrected chi connectivity index (χ2v) is 10.5. The number of nitrogens with zero attached hydrogens (tertiary/aromatic N) is 5. The summed E-state index contributed by atoms with van der Waals surface area (Å²) in [6.45, 7) is 4.08. The first kappa shape index (κ1) is 29.2. The number of aromatic nitrogens is 4. The zero-order chi connectivity index (χ0) is 28.5. The number of halogens is 1. The predicted molar refractivity (Wildman–Crippen MR) is 160 cm³/mol. The van der Waals surface area contributed by atoms with Gasteiger partial charge in [0.1, 0.15) is 5.75 Å². The summed E-state index contributed by atoms with van der Waals surface area (Å²) in [4.78, 5) is 35.9. The van der Waals surface area contributed by atoms with Gasteiger partial charge >= 0.3 is 6.09 Å². The SMILES string of the molecule is CCCCCCn1nc(NC(=O)c2cccnc2)c2cc(Br)c(-c3ccc(OC(=O)NCCN(C)C)cc3)nc21. The molecule has 0 atom stereocenters. The maximum absolute atomic E-state index is 12.9. The fourth-order valence-electron chi connectivity index (χ4n) is 4.09. The van der Waals surface area contributed by atoms with E-state index in [1.165, 1.54) is 6.20 Å². The number of ether oxygens (including phenoxy) is 1. The maximum atomic E-state index is 12.9. The zero-order valence-corrected chi connectivity index (χ0v) is 24.6. The summed E-state index contributed by atoms with van der Waals surface area (Å²) in [7, 11) is 3.88. The molecule has 3 heterocycles. The van der Waals surface area contributed by atoms with Crippen molar-refractivity contribution in [2.75, 3.05) is 32.5 Å². The largest absolute Gasteiger partial charge is 0.412 e. The van der Waals surface area contributed by atoms with Crippen molar-refractivity contribution in [3.8, 4) is 17.0 Å². The molecule has 11 heteroatoms. The van der Waals surface area contributed by atoms with Gasteiger partial charge in [0.25, 0.3) is 5.91 Å². The summed E-state index contributed by atoms with van der Waals surface area (Å²) in [5.41, 5.74) is 2.69. The molecule has 0 unspecified atom stereocenters. The van der Waals surface area contributed by atoms with Gasteiger partial charge in [0, 0.05) is 42.1 Å². The van der Waals surface area contributed by atoms with Crippen LogP contribution in [0.25, 0.3) is 22.3 Å². The molecule has 2 amide bonds. The zero-order valence-electron chi connectivity index (χ0n) is 23.0. The second-order valence-electron chi connectivity index (χ2n) is 9.66. The van der Waals surface area contributed by atoms with Crippen LogP contribution >= 0.6 is 15.9 Å². The minimum atomic E-state index is -0.497. The number of likely N-dealkylation sites (N-methyl/N-ethyl adjacent to an activating group) is 1. The summed E-state index contributed by atoms with van der Waals surface area (Å²) in [5.74, 6) is 0.597. The highest BCUT2D eigenvalue weighted by Crippen LogP contribution is 2.33. The third kappa shape index (κ3) is 7.64. The van der Waals surface area contributed by atoms with Gasteiger partial charge in [0.15, 0.2) is 11.5 Å². The number of hydrogen-bond donors (Lipinski definition) is 2. The van der Waals surface area contributed by atoms with Gasteiger partial charge in [-0.15, -0.1) is 0 Å². The first-order chi connectivity index (χ1) is 19.4. The van der Waals surface area contributed by atoms with E-state index in [4.69, 9.17) is 14.8 Å². The number of benzene rings is 1. The van der Waals surface area contributed by atoms with Crippen molar-refractivity contribution in [2.24, 2.45) is 0 Å².